The van der Waals surface area contributed by atoms with Crippen molar-refractivity contribution in [2.75, 3.05) is 27.1 Å². The van der Waals surface area contributed by atoms with E-state index in [1.807, 2.05) is 44.8 Å². The van der Waals surface area contributed by atoms with Gasteiger partial charge in [0.2, 0.25) is 15.9 Å². The molecule has 4 aromatic heterocycles. The van der Waals surface area contributed by atoms with Gasteiger partial charge in [0.05, 0.1) is 54.8 Å². The third kappa shape index (κ3) is 10.6. The summed E-state index contributed by atoms with van der Waals surface area (Å²) >= 11 is 13.1. The lowest BCUT2D eigenvalue weighted by Crippen LogP contribution is -2.29. The molecule has 59 heavy (non-hydrogen) atoms. The van der Waals surface area contributed by atoms with Crippen LogP contribution in [0.4, 0.5) is 0 Å². The molecule has 0 saturated heterocycles. The summed E-state index contributed by atoms with van der Waals surface area (Å²) in [5.41, 5.74) is 4.92. The van der Waals surface area contributed by atoms with E-state index in [-0.39, 0.29) is 17.5 Å². The minimum atomic E-state index is -3.65. The number of halogens is 3. The van der Waals surface area contributed by atoms with Gasteiger partial charge in [0, 0.05) is 54.6 Å². The van der Waals surface area contributed by atoms with Crippen LogP contribution < -0.4 is 9.46 Å². The number of nitrogens with zero attached hydrogens (tertiary/aromatic N) is 7. The lowest BCUT2D eigenvalue weighted by molar-refractivity contribution is 0.0592. The Kier molecular flexibility index (Phi) is 14.2. The van der Waals surface area contributed by atoms with Crippen LogP contribution in [-0.2, 0) is 40.6 Å². The highest BCUT2D eigenvalue weighted by Gasteiger charge is 2.18. The van der Waals surface area contributed by atoms with Gasteiger partial charge in [0.1, 0.15) is 19.9 Å². The first-order valence-electron chi connectivity index (χ1n) is 17.5. The predicted octanol–water partition coefficient (Wildman–Crippen LogP) is 7.26. The molecule has 4 heterocycles. The highest BCUT2D eigenvalue weighted by molar-refractivity contribution is 9.10. The molecule has 0 spiro atoms. The Morgan fingerprint density at radius 1 is 0.780 bits per heavy atom. The SMILES string of the molecule is CC(C)COc1ncc(-c2nn(C)c3cc(C(=O)NS(C)(=O)=O)ccc23)cc1Cl.COC(=O)c1ccc2c(Br)n(C)nc2c1.COC(=O)c1ccc2c(Br)nn(C)c2c1. The number of benzene rings is 3. The van der Waals surface area contributed by atoms with Crippen LogP contribution in [0.5, 0.6) is 5.88 Å². The summed E-state index contributed by atoms with van der Waals surface area (Å²) in [6.45, 7) is 4.58. The van der Waals surface area contributed by atoms with E-state index in [9.17, 15) is 22.8 Å². The van der Waals surface area contributed by atoms with Crippen LogP contribution in [0.2, 0.25) is 5.02 Å². The molecule has 0 aliphatic heterocycles. The van der Waals surface area contributed by atoms with Crippen molar-refractivity contribution in [2.24, 2.45) is 27.1 Å². The molecule has 0 aliphatic carbocycles. The van der Waals surface area contributed by atoms with Crippen LogP contribution in [-0.4, -0.2) is 87.7 Å². The minimum absolute atomic E-state index is 0.214. The smallest absolute Gasteiger partial charge is 0.337 e. The number of aromatic nitrogens is 7. The van der Waals surface area contributed by atoms with Crippen LogP contribution >= 0.6 is 43.5 Å². The monoisotopic (exact) mass is 972 g/mol. The van der Waals surface area contributed by atoms with Crippen molar-refractivity contribution in [3.63, 3.8) is 0 Å². The second-order valence-electron chi connectivity index (χ2n) is 13.4. The molecule has 1 N–H and O–H groups in total. The number of rotatable bonds is 8. The molecule has 0 radical (unpaired) electrons. The Balaban J connectivity index is 0.000000185. The molecule has 0 fully saturated rings. The van der Waals surface area contributed by atoms with E-state index in [1.54, 1.807) is 75.8 Å². The number of nitrogens with one attached hydrogen (secondary N) is 1. The molecule has 7 aromatic rings. The lowest BCUT2D eigenvalue weighted by Gasteiger charge is -2.09. The number of carbonyl (C=O) groups excluding carboxylic acids is 3. The molecule has 0 unspecified atom stereocenters. The molecule has 0 atom stereocenters. The maximum atomic E-state index is 12.1. The van der Waals surface area contributed by atoms with E-state index in [2.05, 4.69) is 61.6 Å². The van der Waals surface area contributed by atoms with Crippen molar-refractivity contribution >= 4 is 104 Å². The van der Waals surface area contributed by atoms with Crippen molar-refractivity contribution in [1.82, 2.24) is 39.0 Å². The van der Waals surface area contributed by atoms with Gasteiger partial charge in [-0.25, -0.2) is 27.7 Å². The molecule has 0 aliphatic rings. The first-order chi connectivity index (χ1) is 27.8. The third-order valence-electron chi connectivity index (χ3n) is 8.44. The normalized spacial score (nSPS) is 11.2. The average Bonchev–Trinajstić information content (AvgIpc) is 3.79. The van der Waals surface area contributed by atoms with Gasteiger partial charge >= 0.3 is 11.9 Å². The standard InChI is InChI=1S/C19H21ClN4O4S.2C10H9BrN2O2/c1-11(2)10-28-19-15(20)7-13(9-21-19)17-14-6-5-12(8-16(14)24(3)22-17)18(25)23-29(4,26)27;1-13-8-5-6(10(14)15-2)3-4-7(8)9(11)12-13;1-13-9(11)7-4-3-6(10(14)15-2)5-8(7)12-13/h5-9,11H,10H2,1-4H3,(H,23,25);2*3-5H,1-2H3. The number of ether oxygens (including phenoxy) is 3. The van der Waals surface area contributed by atoms with Gasteiger partial charge in [0.15, 0.2) is 0 Å². The largest absolute Gasteiger partial charge is 0.476 e. The van der Waals surface area contributed by atoms with Crippen LogP contribution in [0.3, 0.4) is 0 Å². The third-order valence-corrected chi connectivity index (χ3v) is 10.8. The highest BCUT2D eigenvalue weighted by Crippen LogP contribution is 2.32. The Morgan fingerprint density at radius 3 is 1.95 bits per heavy atom. The van der Waals surface area contributed by atoms with E-state index in [4.69, 9.17) is 16.3 Å². The molecule has 1 amide bonds. The summed E-state index contributed by atoms with van der Waals surface area (Å²) < 4.78 is 46.2. The van der Waals surface area contributed by atoms with Crippen LogP contribution in [0.25, 0.3) is 44.0 Å². The van der Waals surface area contributed by atoms with Crippen molar-refractivity contribution in [1.29, 1.82) is 0 Å². The zero-order chi connectivity index (χ0) is 43.3. The molecule has 3 aromatic carbocycles. The van der Waals surface area contributed by atoms with Gasteiger partial charge in [-0.05, 0) is 98.4 Å². The summed E-state index contributed by atoms with van der Waals surface area (Å²) in [6.07, 6.45) is 2.56. The number of hydrogen-bond acceptors (Lipinski definition) is 12. The first-order valence-corrected chi connectivity index (χ1v) is 21.4. The number of methoxy groups -OCH3 is 2. The van der Waals surface area contributed by atoms with E-state index < -0.39 is 15.9 Å². The summed E-state index contributed by atoms with van der Waals surface area (Å²) in [4.78, 5) is 39.0. The van der Waals surface area contributed by atoms with Gasteiger partial charge in [0.25, 0.3) is 5.91 Å². The van der Waals surface area contributed by atoms with Crippen molar-refractivity contribution < 1.29 is 37.0 Å². The quantitative estimate of drug-likeness (QED) is 0.150. The van der Waals surface area contributed by atoms with Crippen molar-refractivity contribution in [3.8, 4) is 17.1 Å². The minimum Gasteiger partial charge on any atom is -0.476 e. The maximum absolute atomic E-state index is 12.1. The molecule has 16 nitrogen and oxygen atoms in total. The Labute approximate surface area is 361 Å². The van der Waals surface area contributed by atoms with Gasteiger partial charge in [-0.1, -0.05) is 25.4 Å². The van der Waals surface area contributed by atoms with E-state index in [0.717, 1.165) is 42.7 Å². The molecule has 0 saturated carbocycles. The highest BCUT2D eigenvalue weighted by atomic mass is 79.9. The van der Waals surface area contributed by atoms with E-state index >= 15 is 0 Å². The van der Waals surface area contributed by atoms with Crippen LogP contribution in [0.1, 0.15) is 44.9 Å². The Morgan fingerprint density at radius 2 is 1.34 bits per heavy atom. The lowest BCUT2D eigenvalue weighted by atomic mass is 10.1. The van der Waals surface area contributed by atoms with Gasteiger partial charge in [-0.15, -0.1) is 0 Å². The number of fused-ring (bicyclic) bond motifs is 3. The second kappa shape index (κ2) is 18.7. The van der Waals surface area contributed by atoms with Gasteiger partial charge in [-0.3, -0.25) is 18.8 Å². The van der Waals surface area contributed by atoms with Gasteiger partial charge in [-0.2, -0.15) is 15.3 Å². The fraction of sp³-hybridized carbons (Fsp3) is 0.256. The van der Waals surface area contributed by atoms with Crippen LogP contribution in [0.15, 0.2) is 76.1 Å². The number of esters is 2. The fourth-order valence-corrected chi connectivity index (χ4v) is 7.28. The zero-order valence-electron chi connectivity index (χ0n) is 33.1. The Hall–Kier alpha value is -5.37. The van der Waals surface area contributed by atoms with E-state index in [0.29, 0.717) is 51.3 Å². The molecular weight excluding hydrogens is 936 g/mol. The summed E-state index contributed by atoms with van der Waals surface area (Å²) in [5, 5.41) is 16.1. The number of pyridine rings is 1. The molecular formula is C39H39Br2ClN8O8S. The summed E-state index contributed by atoms with van der Waals surface area (Å²) in [7, 11) is 4.48. The van der Waals surface area contributed by atoms with Crippen LogP contribution in [0, 0.1) is 5.92 Å². The number of aryl methyl sites for hydroxylation is 3. The Bertz CT molecular complexity index is 2830. The number of hydrogen-bond donors (Lipinski definition) is 1. The zero-order valence-corrected chi connectivity index (χ0v) is 37.8. The van der Waals surface area contributed by atoms with E-state index in [1.165, 1.54) is 14.2 Å². The van der Waals surface area contributed by atoms with Gasteiger partial charge < -0.3 is 14.2 Å². The topological polar surface area (TPSA) is 191 Å². The number of carbonyl (C=O) groups is 3. The number of amides is 1. The fourth-order valence-electron chi connectivity index (χ4n) is 5.62. The number of sulfonamides is 1. The second-order valence-corrected chi connectivity index (χ2v) is 17.1. The molecule has 310 valence electrons. The summed E-state index contributed by atoms with van der Waals surface area (Å²) in [5.74, 6) is -0.674. The van der Waals surface area contributed by atoms with Crippen molar-refractivity contribution in [3.05, 3.63) is 97.8 Å². The summed E-state index contributed by atoms with van der Waals surface area (Å²) in [6, 6.07) is 17.2. The molecule has 0 bridgehead atoms. The molecule has 20 heteroatoms. The molecule has 7 rings (SSSR count). The first kappa shape index (κ1) is 44.7. The van der Waals surface area contributed by atoms with Crippen molar-refractivity contribution in [2.45, 2.75) is 13.8 Å². The maximum Gasteiger partial charge on any atom is 0.337 e. The predicted molar refractivity (Wildman–Crippen MR) is 231 cm³/mol. The average molecular weight is 975 g/mol.